The molecule has 126 valence electrons. The highest BCUT2D eigenvalue weighted by atomic mass is 79.9. The first-order valence-corrected chi connectivity index (χ1v) is 8.69. The third-order valence-electron chi connectivity index (χ3n) is 3.83. The van der Waals surface area contributed by atoms with Gasteiger partial charge in [-0.2, -0.15) is 5.10 Å². The molecule has 0 heterocycles. The van der Waals surface area contributed by atoms with E-state index in [1.165, 1.54) is 0 Å². The number of rotatable bonds is 5. The van der Waals surface area contributed by atoms with Crippen LogP contribution in [0.25, 0.3) is 10.8 Å². The predicted octanol–water partition coefficient (Wildman–Crippen LogP) is 4.42. The maximum Gasteiger partial charge on any atom is 0.125 e. The highest BCUT2D eigenvalue weighted by molar-refractivity contribution is 9.10. The van der Waals surface area contributed by atoms with Crippen LogP contribution in [-0.4, -0.2) is 17.2 Å². The summed E-state index contributed by atoms with van der Waals surface area (Å²) in [6.07, 6.45) is 1.13. The number of fused-ring (bicyclic) bond motifs is 1. The fourth-order valence-corrected chi connectivity index (χ4v) is 3.06. The van der Waals surface area contributed by atoms with Crippen LogP contribution in [0.1, 0.15) is 23.7 Å². The Balaban J connectivity index is 1.72. The molecule has 3 rings (SSSR count). The number of hydrogen-bond donors (Lipinski definition) is 2. The Morgan fingerprint density at radius 1 is 1.08 bits per heavy atom. The van der Waals surface area contributed by atoms with Crippen LogP contribution in [0.4, 0.5) is 0 Å². The Morgan fingerprint density at radius 2 is 1.84 bits per heavy atom. The van der Waals surface area contributed by atoms with Crippen molar-refractivity contribution in [3.63, 3.8) is 0 Å². The minimum Gasteiger partial charge on any atom is -0.388 e. The lowest BCUT2D eigenvalue weighted by Gasteiger charge is -2.13. The minimum atomic E-state index is -0.726. The molecular formula is C20H18BrN3O. The molecule has 1 unspecified atom stereocenters. The molecule has 3 N–H and O–H groups in total. The maximum absolute atomic E-state index is 10.5. The van der Waals surface area contributed by atoms with E-state index in [4.69, 9.17) is 5.73 Å². The van der Waals surface area contributed by atoms with Gasteiger partial charge in [0, 0.05) is 10.9 Å². The number of nitrogens with zero attached hydrogens (tertiary/aromatic N) is 2. The van der Waals surface area contributed by atoms with Gasteiger partial charge in [-0.15, -0.1) is 5.10 Å². The van der Waals surface area contributed by atoms with Gasteiger partial charge in [0.2, 0.25) is 0 Å². The average molecular weight is 396 g/mol. The monoisotopic (exact) mass is 395 g/mol. The van der Waals surface area contributed by atoms with Gasteiger partial charge >= 0.3 is 0 Å². The van der Waals surface area contributed by atoms with Crippen molar-refractivity contribution >= 4 is 38.8 Å². The van der Waals surface area contributed by atoms with Gasteiger partial charge in [0.15, 0.2) is 0 Å². The van der Waals surface area contributed by atoms with Crippen LogP contribution >= 0.6 is 15.9 Å². The Labute approximate surface area is 154 Å². The molecule has 0 fully saturated rings. The molecule has 0 amide bonds. The third kappa shape index (κ3) is 4.53. The third-order valence-corrected chi connectivity index (χ3v) is 4.32. The molecule has 0 aliphatic carbocycles. The SMILES string of the molecule is N/C(CC(O)c1cccc2ccccc12)=N\N=C\c1cccc(Br)c1. The summed E-state index contributed by atoms with van der Waals surface area (Å²) >= 11 is 3.41. The van der Waals surface area contributed by atoms with E-state index in [1.807, 2.05) is 66.7 Å². The van der Waals surface area contributed by atoms with Crippen molar-refractivity contribution in [1.29, 1.82) is 0 Å². The van der Waals surface area contributed by atoms with E-state index in [9.17, 15) is 5.11 Å². The fraction of sp³-hybridized carbons (Fsp3) is 0.100. The fourth-order valence-electron chi connectivity index (χ4n) is 2.65. The van der Waals surface area contributed by atoms with E-state index in [-0.39, 0.29) is 12.3 Å². The molecule has 0 bridgehead atoms. The van der Waals surface area contributed by atoms with Gasteiger partial charge in [0.25, 0.3) is 0 Å². The standard InChI is InChI=1S/C20H18BrN3O/c21-16-8-3-5-14(11-16)13-23-24-20(22)12-19(25)18-10-4-7-15-6-1-2-9-17(15)18/h1-11,13,19,25H,12H2,(H2,22,24)/b23-13+. The largest absolute Gasteiger partial charge is 0.388 e. The zero-order chi connectivity index (χ0) is 17.6. The summed E-state index contributed by atoms with van der Waals surface area (Å²) in [4.78, 5) is 0. The lowest BCUT2D eigenvalue weighted by Crippen LogP contribution is -2.15. The molecule has 0 saturated carbocycles. The smallest absolute Gasteiger partial charge is 0.125 e. The second kappa shape index (κ2) is 8.05. The van der Waals surface area contributed by atoms with E-state index in [0.717, 1.165) is 26.4 Å². The molecule has 0 aliphatic rings. The van der Waals surface area contributed by atoms with Gasteiger partial charge in [-0.1, -0.05) is 70.5 Å². The second-order valence-corrected chi connectivity index (χ2v) is 6.59. The lowest BCUT2D eigenvalue weighted by molar-refractivity contribution is 0.187. The highest BCUT2D eigenvalue weighted by Gasteiger charge is 2.12. The Hall–Kier alpha value is -2.50. The first-order valence-electron chi connectivity index (χ1n) is 7.90. The van der Waals surface area contributed by atoms with Crippen LogP contribution in [0, 0.1) is 0 Å². The van der Waals surface area contributed by atoms with Gasteiger partial charge in [-0.3, -0.25) is 0 Å². The summed E-state index contributed by atoms with van der Waals surface area (Å²) in [5.41, 5.74) is 7.67. The molecule has 3 aromatic carbocycles. The summed E-state index contributed by atoms with van der Waals surface area (Å²) < 4.78 is 0.972. The number of aliphatic hydroxyl groups excluding tert-OH is 1. The predicted molar refractivity (Wildman–Crippen MR) is 107 cm³/mol. The topological polar surface area (TPSA) is 71.0 Å². The zero-order valence-electron chi connectivity index (χ0n) is 13.5. The maximum atomic E-state index is 10.5. The lowest BCUT2D eigenvalue weighted by atomic mass is 9.98. The van der Waals surface area contributed by atoms with Crippen molar-refractivity contribution in [2.75, 3.05) is 0 Å². The van der Waals surface area contributed by atoms with Crippen LogP contribution in [0.5, 0.6) is 0 Å². The number of hydrogen-bond acceptors (Lipinski definition) is 3. The van der Waals surface area contributed by atoms with Gasteiger partial charge in [0.05, 0.1) is 12.3 Å². The molecule has 1 atom stereocenters. The van der Waals surface area contributed by atoms with E-state index in [1.54, 1.807) is 6.21 Å². The van der Waals surface area contributed by atoms with Gasteiger partial charge < -0.3 is 10.8 Å². The number of amidine groups is 1. The molecule has 25 heavy (non-hydrogen) atoms. The van der Waals surface area contributed by atoms with Crippen LogP contribution in [0.2, 0.25) is 0 Å². The van der Waals surface area contributed by atoms with E-state index >= 15 is 0 Å². The quantitative estimate of drug-likeness (QED) is 0.381. The summed E-state index contributed by atoms with van der Waals surface area (Å²) in [7, 11) is 0. The van der Waals surface area contributed by atoms with Crippen molar-refractivity contribution in [3.05, 3.63) is 82.3 Å². The van der Waals surface area contributed by atoms with Crippen molar-refractivity contribution in [2.45, 2.75) is 12.5 Å². The van der Waals surface area contributed by atoms with E-state index in [0.29, 0.717) is 0 Å². The molecular weight excluding hydrogens is 378 g/mol. The van der Waals surface area contributed by atoms with Crippen LogP contribution in [0.3, 0.4) is 0 Å². The molecule has 5 heteroatoms. The summed E-state index contributed by atoms with van der Waals surface area (Å²) in [5, 5.41) is 20.6. The van der Waals surface area contributed by atoms with Crippen LogP contribution in [0.15, 0.2) is 81.4 Å². The molecule has 0 aromatic heterocycles. The van der Waals surface area contributed by atoms with Gasteiger partial charge in [0.1, 0.15) is 5.84 Å². The molecule has 3 aromatic rings. The van der Waals surface area contributed by atoms with Gasteiger partial charge in [-0.05, 0) is 34.0 Å². The summed E-state index contributed by atoms with van der Waals surface area (Å²) in [6, 6.07) is 21.5. The molecule has 0 saturated heterocycles. The summed E-state index contributed by atoms with van der Waals surface area (Å²) in [5.74, 6) is 0.284. The van der Waals surface area contributed by atoms with Crippen molar-refractivity contribution in [2.24, 2.45) is 15.9 Å². The Kier molecular flexibility index (Phi) is 5.58. The number of halogens is 1. The van der Waals surface area contributed by atoms with Crippen LogP contribution in [-0.2, 0) is 0 Å². The number of nitrogens with two attached hydrogens (primary N) is 1. The average Bonchev–Trinajstić information content (AvgIpc) is 2.61. The van der Waals surface area contributed by atoms with Crippen molar-refractivity contribution in [3.8, 4) is 0 Å². The molecule has 0 spiro atoms. The van der Waals surface area contributed by atoms with E-state index in [2.05, 4.69) is 26.1 Å². The van der Waals surface area contributed by atoms with Crippen molar-refractivity contribution < 1.29 is 5.11 Å². The Morgan fingerprint density at radius 3 is 2.68 bits per heavy atom. The number of benzene rings is 3. The molecule has 0 radical (unpaired) electrons. The minimum absolute atomic E-state index is 0.226. The normalized spacial score (nSPS) is 13.4. The number of aliphatic hydroxyl groups is 1. The Bertz CT molecular complexity index is 932. The first kappa shape index (κ1) is 17.3. The van der Waals surface area contributed by atoms with Gasteiger partial charge in [-0.25, -0.2) is 0 Å². The second-order valence-electron chi connectivity index (χ2n) is 5.68. The summed E-state index contributed by atoms with van der Waals surface area (Å²) in [6.45, 7) is 0. The molecule has 4 nitrogen and oxygen atoms in total. The van der Waals surface area contributed by atoms with Crippen LogP contribution < -0.4 is 5.73 Å². The van der Waals surface area contributed by atoms with E-state index < -0.39 is 6.10 Å². The highest BCUT2D eigenvalue weighted by Crippen LogP contribution is 2.26. The first-order chi connectivity index (χ1) is 12.1. The van der Waals surface area contributed by atoms with Crippen molar-refractivity contribution in [1.82, 2.24) is 0 Å². The zero-order valence-corrected chi connectivity index (χ0v) is 15.1. The molecule has 0 aliphatic heterocycles.